The second kappa shape index (κ2) is 17.3. The number of benzene rings is 3. The lowest BCUT2D eigenvalue weighted by Gasteiger charge is -2.26. The Kier molecular flexibility index (Phi) is 13.5. The molecule has 1 heterocycles. The second-order valence-corrected chi connectivity index (χ2v) is 11.7. The molecule has 13 nitrogen and oxygen atoms in total. The Balaban J connectivity index is 0.000000284. The fourth-order valence-corrected chi connectivity index (χ4v) is 4.84. The van der Waals surface area contributed by atoms with E-state index in [1.54, 1.807) is 44.6 Å². The Morgan fingerprint density at radius 3 is 1.94 bits per heavy atom. The molecule has 3 aromatic carbocycles. The van der Waals surface area contributed by atoms with E-state index in [0.29, 0.717) is 64.6 Å². The van der Waals surface area contributed by atoms with Crippen LogP contribution in [0.15, 0.2) is 47.5 Å². The molecular formula is C36H47N3O10. The summed E-state index contributed by atoms with van der Waals surface area (Å²) in [4.78, 5) is 30.0. The lowest BCUT2D eigenvalue weighted by molar-refractivity contribution is -0.385. The summed E-state index contributed by atoms with van der Waals surface area (Å²) < 4.78 is 37.9. The van der Waals surface area contributed by atoms with Crippen LogP contribution in [-0.2, 0) is 0 Å². The summed E-state index contributed by atoms with van der Waals surface area (Å²) in [6, 6.07) is 11.1. The molecule has 13 heteroatoms. The topological polar surface area (TPSA) is 140 Å². The Labute approximate surface area is 287 Å². The monoisotopic (exact) mass is 681 g/mol. The molecule has 1 aliphatic rings. The maximum absolute atomic E-state index is 12.7. The van der Waals surface area contributed by atoms with Crippen LogP contribution >= 0.6 is 0 Å². The van der Waals surface area contributed by atoms with Crippen LogP contribution in [0.3, 0.4) is 0 Å². The third-order valence-electron chi connectivity index (χ3n) is 8.12. The van der Waals surface area contributed by atoms with Gasteiger partial charge in [-0.3, -0.25) is 19.9 Å². The van der Waals surface area contributed by atoms with Gasteiger partial charge in [0.05, 0.1) is 70.4 Å². The van der Waals surface area contributed by atoms with Crippen molar-refractivity contribution in [2.45, 2.75) is 53.5 Å². The molecule has 3 aromatic rings. The van der Waals surface area contributed by atoms with Crippen molar-refractivity contribution in [1.29, 1.82) is 0 Å². The molecule has 1 atom stereocenters. The van der Waals surface area contributed by atoms with Crippen molar-refractivity contribution in [2.75, 3.05) is 48.7 Å². The van der Waals surface area contributed by atoms with Gasteiger partial charge in [-0.2, -0.15) is 0 Å². The fourth-order valence-electron chi connectivity index (χ4n) is 4.84. The number of amides is 1. The lowest BCUT2D eigenvalue weighted by atomic mass is 9.92. The molecule has 4 rings (SSSR count). The van der Waals surface area contributed by atoms with Gasteiger partial charge >= 0.3 is 5.69 Å². The number of hydrogen-bond acceptors (Lipinski definition) is 11. The molecule has 1 amide bonds. The minimum absolute atomic E-state index is 0.0206. The molecule has 0 fully saturated rings. The lowest BCUT2D eigenvalue weighted by Crippen LogP contribution is -2.39. The fraction of sp³-hybridized carbons (Fsp3) is 0.444. The van der Waals surface area contributed by atoms with Crippen molar-refractivity contribution in [3.63, 3.8) is 0 Å². The van der Waals surface area contributed by atoms with Crippen LogP contribution in [0.5, 0.6) is 46.0 Å². The summed E-state index contributed by atoms with van der Waals surface area (Å²) in [5.41, 5.74) is 0.949. The van der Waals surface area contributed by atoms with Crippen LogP contribution in [0.2, 0.25) is 0 Å². The van der Waals surface area contributed by atoms with Gasteiger partial charge in [0.1, 0.15) is 11.5 Å². The smallest absolute Gasteiger partial charge is 0.315 e. The molecule has 0 bridgehead atoms. The maximum atomic E-state index is 12.7. The van der Waals surface area contributed by atoms with Gasteiger partial charge < -0.3 is 38.1 Å². The van der Waals surface area contributed by atoms with E-state index in [1.165, 1.54) is 33.5 Å². The van der Waals surface area contributed by atoms with E-state index in [9.17, 15) is 14.9 Å². The third kappa shape index (κ3) is 9.24. The highest BCUT2D eigenvalue weighted by Crippen LogP contribution is 2.43. The van der Waals surface area contributed by atoms with Gasteiger partial charge in [0, 0.05) is 31.0 Å². The molecule has 49 heavy (non-hydrogen) atoms. The standard InChI is InChI=1S/C21H27NO7.C15H20N2O3/c1-7-21(2,3)13-28-14-8-9-17(16(10-14)22(23)24)29-15-11-18(25-4)20(27-6)19(12-15)26-5;1-5-10-9-16-12-8-14(20-4)13(19-3)7-11(12)15(18)17(10)6-2/h8-12H,7,13H2,1-6H3;7-10H,5-6H2,1-4H3. The summed E-state index contributed by atoms with van der Waals surface area (Å²) >= 11 is 0. The number of carbonyl (C=O) groups is 1. The number of nitro groups is 1. The molecule has 0 aliphatic carbocycles. The van der Waals surface area contributed by atoms with Crippen LogP contribution in [0, 0.1) is 15.5 Å². The van der Waals surface area contributed by atoms with E-state index in [2.05, 4.69) is 25.8 Å². The molecule has 266 valence electrons. The first-order valence-corrected chi connectivity index (χ1v) is 15.9. The van der Waals surface area contributed by atoms with Gasteiger partial charge in [0.15, 0.2) is 23.0 Å². The molecule has 0 radical (unpaired) electrons. The van der Waals surface area contributed by atoms with Crippen molar-refractivity contribution < 1.29 is 42.9 Å². The van der Waals surface area contributed by atoms with Crippen LogP contribution in [-0.4, -0.2) is 76.7 Å². The van der Waals surface area contributed by atoms with Gasteiger partial charge in [0.2, 0.25) is 11.5 Å². The minimum Gasteiger partial charge on any atom is -0.493 e. The number of methoxy groups -OCH3 is 5. The Morgan fingerprint density at radius 2 is 1.43 bits per heavy atom. The van der Waals surface area contributed by atoms with Crippen LogP contribution in [0.4, 0.5) is 11.4 Å². The number of carbonyl (C=O) groups excluding carboxylic acids is 1. The first kappa shape index (κ1) is 38.2. The van der Waals surface area contributed by atoms with Crippen molar-refractivity contribution in [1.82, 2.24) is 4.90 Å². The number of rotatable bonds is 14. The normalized spacial score (nSPS) is 13.7. The van der Waals surface area contributed by atoms with Gasteiger partial charge in [0.25, 0.3) is 5.91 Å². The summed E-state index contributed by atoms with van der Waals surface area (Å²) in [5.74, 6) is 3.06. The quantitative estimate of drug-likeness (QED) is 0.122. The molecule has 0 saturated carbocycles. The van der Waals surface area contributed by atoms with E-state index in [1.807, 2.05) is 25.0 Å². The summed E-state index contributed by atoms with van der Waals surface area (Å²) in [6.07, 6.45) is 3.60. The van der Waals surface area contributed by atoms with Crippen LogP contribution in [0.1, 0.15) is 57.8 Å². The number of ether oxygens (including phenoxy) is 7. The Hall–Kier alpha value is -5.20. The number of nitro benzene ring substituents is 1. The average Bonchev–Trinajstić information content (AvgIpc) is 3.24. The zero-order valence-electron chi connectivity index (χ0n) is 29.9. The van der Waals surface area contributed by atoms with E-state index in [-0.39, 0.29) is 28.8 Å². The highest BCUT2D eigenvalue weighted by Gasteiger charge is 2.27. The van der Waals surface area contributed by atoms with Crippen molar-refractivity contribution in [3.8, 4) is 46.0 Å². The van der Waals surface area contributed by atoms with Crippen molar-refractivity contribution in [3.05, 3.63) is 58.1 Å². The molecule has 0 N–H and O–H groups in total. The van der Waals surface area contributed by atoms with Gasteiger partial charge in [-0.25, -0.2) is 0 Å². The molecule has 0 saturated heterocycles. The van der Waals surface area contributed by atoms with Gasteiger partial charge in [-0.15, -0.1) is 0 Å². The maximum Gasteiger partial charge on any atom is 0.315 e. The predicted molar refractivity (Wildman–Crippen MR) is 187 cm³/mol. The Bertz CT molecular complexity index is 1610. The molecule has 0 aromatic heterocycles. The first-order chi connectivity index (χ1) is 23.4. The van der Waals surface area contributed by atoms with Gasteiger partial charge in [-0.05, 0) is 43.4 Å². The summed E-state index contributed by atoms with van der Waals surface area (Å²) in [7, 11) is 7.58. The molecule has 1 unspecified atom stereocenters. The predicted octanol–water partition coefficient (Wildman–Crippen LogP) is 7.89. The molecule has 0 spiro atoms. The van der Waals surface area contributed by atoms with Gasteiger partial charge in [-0.1, -0.05) is 27.7 Å². The highest BCUT2D eigenvalue weighted by molar-refractivity contribution is 6.03. The van der Waals surface area contributed by atoms with E-state index >= 15 is 0 Å². The van der Waals surface area contributed by atoms with E-state index in [0.717, 1.165) is 12.8 Å². The number of aliphatic imine (C=N–C) groups is 1. The van der Waals surface area contributed by atoms with E-state index in [4.69, 9.17) is 33.2 Å². The van der Waals surface area contributed by atoms with Crippen LogP contribution < -0.4 is 33.2 Å². The molecule has 1 aliphatic heterocycles. The third-order valence-corrected chi connectivity index (χ3v) is 8.12. The minimum atomic E-state index is -0.509. The Morgan fingerprint density at radius 1 is 0.816 bits per heavy atom. The zero-order chi connectivity index (χ0) is 36.3. The van der Waals surface area contributed by atoms with Crippen LogP contribution in [0.25, 0.3) is 0 Å². The SMILES string of the molecule is CCC(C)(C)COc1ccc(Oc2cc(OC)c(OC)c(OC)c2)c([N+](=O)[O-])c1.CCC1C=Nc2cc(OC)c(OC)cc2C(=O)N1CC. The highest BCUT2D eigenvalue weighted by atomic mass is 16.6. The second-order valence-electron chi connectivity index (χ2n) is 11.7. The van der Waals surface area contributed by atoms with Crippen molar-refractivity contribution in [2.24, 2.45) is 10.4 Å². The van der Waals surface area contributed by atoms with E-state index < -0.39 is 4.92 Å². The number of fused-ring (bicyclic) bond motifs is 1. The number of hydrogen-bond donors (Lipinski definition) is 0. The summed E-state index contributed by atoms with van der Waals surface area (Å²) in [6.45, 7) is 11.3. The first-order valence-electron chi connectivity index (χ1n) is 15.9. The number of nitrogens with zero attached hydrogens (tertiary/aromatic N) is 3. The van der Waals surface area contributed by atoms with Crippen molar-refractivity contribution >= 4 is 23.5 Å². The average molecular weight is 682 g/mol. The molecular weight excluding hydrogens is 634 g/mol. The zero-order valence-corrected chi connectivity index (χ0v) is 29.9. The summed E-state index contributed by atoms with van der Waals surface area (Å²) in [5, 5.41) is 11.6. The largest absolute Gasteiger partial charge is 0.493 e.